The quantitative estimate of drug-likeness (QED) is 0.492. The summed E-state index contributed by atoms with van der Waals surface area (Å²) < 4.78 is 13.3. The topological polar surface area (TPSA) is 70.2 Å². The smallest absolute Gasteiger partial charge is 0.243 e. The Morgan fingerprint density at radius 1 is 0.871 bits per heavy atom. The molecule has 0 fully saturated rings. The van der Waals surface area contributed by atoms with E-state index in [1.54, 1.807) is 37.3 Å². The second-order valence-electron chi connectivity index (χ2n) is 7.01. The van der Waals surface area contributed by atoms with Crippen LogP contribution in [0.1, 0.15) is 22.7 Å². The molecule has 0 heterocycles. The minimum Gasteiger partial charge on any atom is -0.346 e. The SMILES string of the molecule is Cc1c(Cl)cccc1NC(=O)CNC(=O)CNC(c1ccccc1)c1ccc(F)cc1. The van der Waals surface area contributed by atoms with Crippen LogP contribution in [-0.4, -0.2) is 24.9 Å². The number of nitrogens with one attached hydrogen (secondary N) is 3. The van der Waals surface area contributed by atoms with Gasteiger partial charge in [-0.05, 0) is 47.9 Å². The molecule has 0 saturated heterocycles. The van der Waals surface area contributed by atoms with Gasteiger partial charge in [0.25, 0.3) is 0 Å². The standard InChI is InChI=1S/C24H23ClFN3O2/c1-16-20(25)8-5-9-21(16)29-23(31)15-27-22(30)14-28-24(17-6-3-2-4-7-17)18-10-12-19(26)13-11-18/h2-13,24,28H,14-15H2,1H3,(H,27,30)(H,29,31). The molecule has 0 aliphatic carbocycles. The van der Waals surface area contributed by atoms with E-state index in [0.717, 1.165) is 16.7 Å². The molecule has 0 radical (unpaired) electrons. The van der Waals surface area contributed by atoms with Crippen LogP contribution in [-0.2, 0) is 9.59 Å². The van der Waals surface area contributed by atoms with Crippen LogP contribution in [0.25, 0.3) is 0 Å². The highest BCUT2D eigenvalue weighted by Gasteiger charge is 2.16. The maximum atomic E-state index is 13.3. The van der Waals surface area contributed by atoms with Gasteiger partial charge in [0.05, 0.1) is 19.1 Å². The van der Waals surface area contributed by atoms with Crippen LogP contribution in [0.2, 0.25) is 5.02 Å². The molecule has 3 rings (SSSR count). The van der Waals surface area contributed by atoms with E-state index in [1.165, 1.54) is 12.1 Å². The van der Waals surface area contributed by atoms with Gasteiger partial charge < -0.3 is 10.6 Å². The van der Waals surface area contributed by atoms with Gasteiger partial charge in [-0.3, -0.25) is 14.9 Å². The molecule has 3 aromatic carbocycles. The summed E-state index contributed by atoms with van der Waals surface area (Å²) in [7, 11) is 0. The highest BCUT2D eigenvalue weighted by atomic mass is 35.5. The number of carbonyl (C=O) groups is 2. The van der Waals surface area contributed by atoms with E-state index in [0.29, 0.717) is 10.7 Å². The fourth-order valence-electron chi connectivity index (χ4n) is 3.10. The number of hydrogen-bond donors (Lipinski definition) is 3. The maximum Gasteiger partial charge on any atom is 0.243 e. The lowest BCUT2D eigenvalue weighted by Crippen LogP contribution is -2.39. The first kappa shape index (κ1) is 22.5. The van der Waals surface area contributed by atoms with E-state index in [-0.39, 0.29) is 36.8 Å². The molecule has 160 valence electrons. The fraction of sp³-hybridized carbons (Fsp3) is 0.167. The van der Waals surface area contributed by atoms with Crippen molar-refractivity contribution >= 4 is 29.1 Å². The van der Waals surface area contributed by atoms with Crippen LogP contribution in [0.5, 0.6) is 0 Å². The average molecular weight is 440 g/mol. The molecule has 1 atom stereocenters. The van der Waals surface area contributed by atoms with E-state index in [4.69, 9.17) is 11.6 Å². The number of amides is 2. The van der Waals surface area contributed by atoms with Crippen molar-refractivity contribution in [2.24, 2.45) is 0 Å². The molecule has 3 N–H and O–H groups in total. The fourth-order valence-corrected chi connectivity index (χ4v) is 3.28. The lowest BCUT2D eigenvalue weighted by atomic mass is 9.98. The number of anilines is 1. The van der Waals surface area contributed by atoms with Gasteiger partial charge in [0.15, 0.2) is 0 Å². The van der Waals surface area contributed by atoms with Gasteiger partial charge in [0.2, 0.25) is 11.8 Å². The molecule has 1 unspecified atom stereocenters. The summed E-state index contributed by atoms with van der Waals surface area (Å²) in [6.45, 7) is 1.62. The van der Waals surface area contributed by atoms with Crippen LogP contribution in [0.3, 0.4) is 0 Å². The summed E-state index contributed by atoms with van der Waals surface area (Å²) in [6.07, 6.45) is 0. The molecule has 31 heavy (non-hydrogen) atoms. The van der Waals surface area contributed by atoms with Crippen LogP contribution in [0, 0.1) is 12.7 Å². The number of carbonyl (C=O) groups excluding carboxylic acids is 2. The molecule has 0 saturated carbocycles. The molecule has 2 amide bonds. The number of rotatable bonds is 8. The Morgan fingerprint density at radius 2 is 1.55 bits per heavy atom. The average Bonchev–Trinajstić information content (AvgIpc) is 2.77. The summed E-state index contributed by atoms with van der Waals surface area (Å²) in [5.41, 5.74) is 3.13. The van der Waals surface area contributed by atoms with Crippen molar-refractivity contribution < 1.29 is 14.0 Å². The third kappa shape index (κ3) is 6.38. The zero-order valence-electron chi connectivity index (χ0n) is 17.0. The van der Waals surface area contributed by atoms with E-state index in [1.807, 2.05) is 30.3 Å². The highest BCUT2D eigenvalue weighted by molar-refractivity contribution is 6.31. The van der Waals surface area contributed by atoms with Gasteiger partial charge in [0, 0.05) is 10.7 Å². The zero-order valence-corrected chi connectivity index (χ0v) is 17.7. The molecule has 0 spiro atoms. The van der Waals surface area contributed by atoms with Crippen molar-refractivity contribution in [1.29, 1.82) is 0 Å². The largest absolute Gasteiger partial charge is 0.346 e. The Hall–Kier alpha value is -3.22. The molecule has 7 heteroatoms. The first-order valence-electron chi connectivity index (χ1n) is 9.79. The predicted octanol–water partition coefficient (Wildman–Crippen LogP) is 4.22. The lowest BCUT2D eigenvalue weighted by molar-refractivity contribution is -0.123. The summed E-state index contributed by atoms with van der Waals surface area (Å²) in [5.74, 6) is -1.01. The highest BCUT2D eigenvalue weighted by Crippen LogP contribution is 2.23. The minimum absolute atomic E-state index is 0.0135. The van der Waals surface area contributed by atoms with Gasteiger partial charge in [-0.15, -0.1) is 0 Å². The summed E-state index contributed by atoms with van der Waals surface area (Å²) >= 11 is 6.06. The Labute approximate surface area is 185 Å². The van der Waals surface area contributed by atoms with Gasteiger partial charge in [-0.1, -0.05) is 60.1 Å². The van der Waals surface area contributed by atoms with Crippen LogP contribution in [0.4, 0.5) is 10.1 Å². The second-order valence-corrected chi connectivity index (χ2v) is 7.42. The molecule has 5 nitrogen and oxygen atoms in total. The van der Waals surface area contributed by atoms with Gasteiger partial charge in [0.1, 0.15) is 5.82 Å². The van der Waals surface area contributed by atoms with Crippen molar-refractivity contribution in [3.8, 4) is 0 Å². The van der Waals surface area contributed by atoms with Gasteiger partial charge >= 0.3 is 0 Å². The van der Waals surface area contributed by atoms with Crippen molar-refractivity contribution in [3.63, 3.8) is 0 Å². The van der Waals surface area contributed by atoms with E-state index in [9.17, 15) is 14.0 Å². The molecule has 0 aliphatic heterocycles. The summed E-state index contributed by atoms with van der Waals surface area (Å²) in [5, 5.41) is 9.06. The van der Waals surface area contributed by atoms with Crippen LogP contribution in [0.15, 0.2) is 72.8 Å². The first-order valence-corrected chi connectivity index (χ1v) is 10.2. The third-order valence-electron chi connectivity index (χ3n) is 4.79. The van der Waals surface area contributed by atoms with Gasteiger partial charge in [-0.25, -0.2) is 4.39 Å². The third-order valence-corrected chi connectivity index (χ3v) is 5.20. The van der Waals surface area contributed by atoms with Crippen molar-refractivity contribution in [2.75, 3.05) is 18.4 Å². The summed E-state index contributed by atoms with van der Waals surface area (Å²) in [4.78, 5) is 24.5. The molecular weight excluding hydrogens is 417 g/mol. The Bertz CT molecular complexity index is 1040. The first-order chi connectivity index (χ1) is 14.9. The number of benzene rings is 3. The lowest BCUT2D eigenvalue weighted by Gasteiger charge is -2.20. The second kappa shape index (κ2) is 10.7. The van der Waals surface area contributed by atoms with Crippen LogP contribution >= 0.6 is 11.6 Å². The Kier molecular flexibility index (Phi) is 7.76. The monoisotopic (exact) mass is 439 g/mol. The van der Waals surface area contributed by atoms with Crippen molar-refractivity contribution in [2.45, 2.75) is 13.0 Å². The van der Waals surface area contributed by atoms with E-state index in [2.05, 4.69) is 16.0 Å². The van der Waals surface area contributed by atoms with Crippen molar-refractivity contribution in [1.82, 2.24) is 10.6 Å². The molecule has 0 bridgehead atoms. The predicted molar refractivity (Wildman–Crippen MR) is 121 cm³/mol. The summed E-state index contributed by atoms with van der Waals surface area (Å²) in [6, 6.07) is 20.6. The van der Waals surface area contributed by atoms with Crippen molar-refractivity contribution in [3.05, 3.63) is 100 Å². The molecule has 0 aliphatic rings. The maximum absolute atomic E-state index is 13.3. The Balaban J connectivity index is 1.56. The number of halogens is 2. The van der Waals surface area contributed by atoms with Gasteiger partial charge in [-0.2, -0.15) is 0 Å². The molecule has 0 aromatic heterocycles. The Morgan fingerprint density at radius 3 is 2.26 bits per heavy atom. The number of hydrogen-bond acceptors (Lipinski definition) is 3. The van der Waals surface area contributed by atoms with Crippen LogP contribution < -0.4 is 16.0 Å². The zero-order chi connectivity index (χ0) is 22.2. The molecular formula is C24H23ClFN3O2. The normalized spacial score (nSPS) is 11.6. The minimum atomic E-state index is -0.350. The van der Waals surface area contributed by atoms with E-state index < -0.39 is 0 Å². The molecule has 3 aromatic rings. The van der Waals surface area contributed by atoms with E-state index >= 15 is 0 Å².